The molecule has 1 aromatic heterocycles. The van der Waals surface area contributed by atoms with Crippen LogP contribution >= 0.6 is 23.4 Å². The fraction of sp³-hybridized carbons (Fsp3) is 0.174. The van der Waals surface area contributed by atoms with Gasteiger partial charge in [-0.15, -0.1) is 0 Å². The number of hydrogen-bond donors (Lipinski definition) is 1. The van der Waals surface area contributed by atoms with Crippen LogP contribution in [0.2, 0.25) is 5.02 Å². The van der Waals surface area contributed by atoms with E-state index in [1.165, 1.54) is 0 Å². The van der Waals surface area contributed by atoms with Crippen LogP contribution in [-0.2, 0) is 11.0 Å². The first-order valence-corrected chi connectivity index (χ1v) is 10.6. The van der Waals surface area contributed by atoms with Crippen molar-refractivity contribution in [1.29, 1.82) is 5.26 Å². The number of carbonyl (C=O) groups excluding carboxylic acids is 1. The number of carbonyl (C=O) groups is 1. The van der Waals surface area contributed by atoms with Gasteiger partial charge >= 0.3 is 6.18 Å². The molecule has 0 aliphatic carbocycles. The van der Waals surface area contributed by atoms with Crippen LogP contribution in [0.1, 0.15) is 33.2 Å². The number of nitrogens with zero attached hydrogens (tertiary/aromatic N) is 2. The zero-order valence-corrected chi connectivity index (χ0v) is 18.6. The second kappa shape index (κ2) is 9.63. The molecule has 1 heterocycles. The van der Waals surface area contributed by atoms with E-state index < -0.39 is 22.9 Å². The van der Waals surface area contributed by atoms with Gasteiger partial charge in [-0.25, -0.2) is 4.98 Å². The standard InChI is InChI=1S/C23H17ClF3N3OS/c1-13-10-14(2)29-22(17(13)12-28)32-20(15-6-4-3-5-7-15)21(31)30-19-11-16(23(25,26)27)8-9-18(19)24/h3-11,20H,1-2H3,(H,30,31). The van der Waals surface area contributed by atoms with E-state index in [0.717, 1.165) is 35.5 Å². The normalized spacial score (nSPS) is 12.2. The van der Waals surface area contributed by atoms with Gasteiger partial charge in [0.1, 0.15) is 16.3 Å². The summed E-state index contributed by atoms with van der Waals surface area (Å²) >= 11 is 7.10. The number of anilines is 1. The van der Waals surface area contributed by atoms with Crippen LogP contribution in [0.25, 0.3) is 0 Å². The minimum absolute atomic E-state index is 0.0228. The molecule has 0 aliphatic rings. The molecule has 2 aromatic carbocycles. The zero-order valence-electron chi connectivity index (χ0n) is 17.0. The molecule has 3 rings (SSSR count). The number of nitrogens with one attached hydrogen (secondary N) is 1. The van der Waals surface area contributed by atoms with E-state index in [1.54, 1.807) is 50.2 Å². The first-order chi connectivity index (χ1) is 15.1. The Kier molecular flexibility index (Phi) is 7.12. The molecule has 0 saturated carbocycles. The van der Waals surface area contributed by atoms with Crippen molar-refractivity contribution < 1.29 is 18.0 Å². The first-order valence-electron chi connectivity index (χ1n) is 9.37. The van der Waals surface area contributed by atoms with Crippen LogP contribution in [0.5, 0.6) is 0 Å². The second-order valence-corrected chi connectivity index (χ2v) is 8.46. The molecule has 0 radical (unpaired) electrons. The van der Waals surface area contributed by atoms with Gasteiger partial charge in [-0.1, -0.05) is 53.7 Å². The number of alkyl halides is 3. The van der Waals surface area contributed by atoms with Crippen LogP contribution in [-0.4, -0.2) is 10.9 Å². The van der Waals surface area contributed by atoms with Crippen LogP contribution in [0, 0.1) is 25.2 Å². The van der Waals surface area contributed by atoms with Crippen molar-refractivity contribution in [2.45, 2.75) is 30.3 Å². The van der Waals surface area contributed by atoms with E-state index in [-0.39, 0.29) is 10.7 Å². The Morgan fingerprint density at radius 3 is 2.47 bits per heavy atom. The Labute approximate surface area is 192 Å². The smallest absolute Gasteiger partial charge is 0.323 e. The Bertz CT molecular complexity index is 1190. The number of halogens is 4. The van der Waals surface area contributed by atoms with Gasteiger partial charge in [0.25, 0.3) is 0 Å². The summed E-state index contributed by atoms with van der Waals surface area (Å²) in [6.45, 7) is 3.55. The largest absolute Gasteiger partial charge is 0.416 e. The van der Waals surface area contributed by atoms with Gasteiger partial charge < -0.3 is 5.32 Å². The molecule has 0 bridgehead atoms. The lowest BCUT2D eigenvalue weighted by atomic mass is 10.1. The molecule has 4 nitrogen and oxygen atoms in total. The van der Waals surface area contributed by atoms with E-state index >= 15 is 0 Å². The third-order valence-electron chi connectivity index (χ3n) is 4.54. The van der Waals surface area contributed by atoms with Crippen LogP contribution in [0.15, 0.2) is 59.6 Å². The quantitative estimate of drug-likeness (QED) is 0.416. The van der Waals surface area contributed by atoms with E-state index in [9.17, 15) is 23.2 Å². The lowest BCUT2D eigenvalue weighted by molar-refractivity contribution is -0.137. The summed E-state index contributed by atoms with van der Waals surface area (Å²) in [5, 5.41) is 11.5. The maximum Gasteiger partial charge on any atom is 0.416 e. The van der Waals surface area contributed by atoms with Crippen LogP contribution < -0.4 is 5.32 Å². The molecule has 1 amide bonds. The summed E-state index contributed by atoms with van der Waals surface area (Å²) in [5.41, 5.74) is 1.26. The number of hydrogen-bond acceptors (Lipinski definition) is 4. The Balaban J connectivity index is 2.00. The average molecular weight is 476 g/mol. The van der Waals surface area contributed by atoms with Crippen molar-refractivity contribution in [2.24, 2.45) is 0 Å². The summed E-state index contributed by atoms with van der Waals surface area (Å²) in [7, 11) is 0. The number of pyridine rings is 1. The minimum atomic E-state index is -4.58. The lowest BCUT2D eigenvalue weighted by Gasteiger charge is -2.19. The number of rotatable bonds is 5. The average Bonchev–Trinajstić information content (AvgIpc) is 2.73. The highest BCUT2D eigenvalue weighted by molar-refractivity contribution is 8.00. The molecule has 32 heavy (non-hydrogen) atoms. The Morgan fingerprint density at radius 2 is 1.84 bits per heavy atom. The van der Waals surface area contributed by atoms with Gasteiger partial charge in [0.05, 0.1) is 21.8 Å². The van der Waals surface area contributed by atoms with Crippen molar-refractivity contribution >= 4 is 35.0 Å². The molecule has 1 unspecified atom stereocenters. The maximum atomic E-state index is 13.2. The van der Waals surface area contributed by atoms with Gasteiger partial charge in [0.2, 0.25) is 5.91 Å². The highest BCUT2D eigenvalue weighted by Crippen LogP contribution is 2.39. The number of thioether (sulfide) groups is 1. The Hall–Kier alpha value is -3.02. The predicted octanol–water partition coefficient (Wildman–Crippen LogP) is 6.71. The summed E-state index contributed by atoms with van der Waals surface area (Å²) < 4.78 is 39.3. The monoisotopic (exact) mass is 475 g/mol. The molecular formula is C23H17ClF3N3OS. The summed E-state index contributed by atoms with van der Waals surface area (Å²) in [6, 6.07) is 15.3. The molecular weight excluding hydrogens is 459 g/mol. The second-order valence-electron chi connectivity index (χ2n) is 6.96. The number of nitriles is 1. The minimum Gasteiger partial charge on any atom is -0.323 e. The number of aryl methyl sites for hydroxylation is 2. The van der Waals surface area contributed by atoms with E-state index in [0.29, 0.717) is 21.8 Å². The lowest BCUT2D eigenvalue weighted by Crippen LogP contribution is -2.20. The first kappa shape index (κ1) is 23.6. The fourth-order valence-electron chi connectivity index (χ4n) is 3.03. The Morgan fingerprint density at radius 1 is 1.16 bits per heavy atom. The fourth-order valence-corrected chi connectivity index (χ4v) is 4.40. The van der Waals surface area contributed by atoms with Crippen molar-refractivity contribution in [3.63, 3.8) is 0 Å². The van der Waals surface area contributed by atoms with Gasteiger partial charge in [-0.2, -0.15) is 18.4 Å². The predicted molar refractivity (Wildman–Crippen MR) is 119 cm³/mol. The number of amides is 1. The van der Waals surface area contributed by atoms with Gasteiger partial charge in [0.15, 0.2) is 0 Å². The van der Waals surface area contributed by atoms with Crippen LogP contribution in [0.3, 0.4) is 0 Å². The van der Waals surface area contributed by atoms with E-state index in [2.05, 4.69) is 16.4 Å². The molecule has 0 saturated heterocycles. The van der Waals surface area contributed by atoms with E-state index in [4.69, 9.17) is 11.6 Å². The topological polar surface area (TPSA) is 65.8 Å². The highest BCUT2D eigenvalue weighted by atomic mass is 35.5. The summed E-state index contributed by atoms with van der Waals surface area (Å²) in [4.78, 5) is 17.6. The van der Waals surface area contributed by atoms with Crippen molar-refractivity contribution in [2.75, 3.05) is 5.32 Å². The highest BCUT2D eigenvalue weighted by Gasteiger charge is 2.32. The third-order valence-corrected chi connectivity index (χ3v) is 6.11. The maximum absolute atomic E-state index is 13.2. The molecule has 1 atom stereocenters. The van der Waals surface area contributed by atoms with Crippen molar-refractivity contribution in [3.05, 3.63) is 87.6 Å². The molecule has 164 valence electrons. The molecule has 1 N–H and O–H groups in total. The SMILES string of the molecule is Cc1cc(C)c(C#N)c(SC(C(=O)Nc2cc(C(F)(F)F)ccc2Cl)c2ccccc2)n1. The van der Waals surface area contributed by atoms with Crippen molar-refractivity contribution in [3.8, 4) is 6.07 Å². The third kappa shape index (κ3) is 5.42. The number of benzene rings is 2. The number of aromatic nitrogens is 1. The van der Waals surface area contributed by atoms with Gasteiger partial charge in [-0.3, -0.25) is 4.79 Å². The zero-order chi connectivity index (χ0) is 23.5. The molecule has 3 aromatic rings. The molecule has 0 fully saturated rings. The molecule has 0 spiro atoms. The van der Waals surface area contributed by atoms with Crippen molar-refractivity contribution in [1.82, 2.24) is 4.98 Å². The molecule has 0 aliphatic heterocycles. The van der Waals surface area contributed by atoms with E-state index in [1.807, 2.05) is 0 Å². The summed E-state index contributed by atoms with van der Waals surface area (Å²) in [6.07, 6.45) is -4.58. The van der Waals surface area contributed by atoms with Gasteiger partial charge in [0, 0.05) is 5.69 Å². The summed E-state index contributed by atoms with van der Waals surface area (Å²) in [5.74, 6) is -0.590. The van der Waals surface area contributed by atoms with Gasteiger partial charge in [-0.05, 0) is 49.2 Å². The van der Waals surface area contributed by atoms with Crippen LogP contribution in [0.4, 0.5) is 18.9 Å². The molecule has 9 heteroatoms.